The molecule has 0 aliphatic carbocycles. The van der Waals surface area contributed by atoms with Crippen LogP contribution in [0.15, 0.2) is 18.2 Å². The van der Waals surface area contributed by atoms with Crippen LogP contribution in [0.3, 0.4) is 0 Å². The fraction of sp³-hybridized carbons (Fsp3) is 0.600. The molecule has 0 unspecified atom stereocenters. The van der Waals surface area contributed by atoms with Crippen molar-refractivity contribution >= 4 is 0 Å². The van der Waals surface area contributed by atoms with E-state index >= 15 is 0 Å². The van der Waals surface area contributed by atoms with E-state index in [-0.39, 0.29) is 0 Å². The summed E-state index contributed by atoms with van der Waals surface area (Å²) >= 11 is 0. The smallest absolute Gasteiger partial charge is 0.122 e. The highest BCUT2D eigenvalue weighted by Crippen LogP contribution is 2.25. The van der Waals surface area contributed by atoms with E-state index < -0.39 is 0 Å². The van der Waals surface area contributed by atoms with E-state index in [2.05, 4.69) is 25.1 Å². The quantitative estimate of drug-likeness (QED) is 0.684. The molecule has 0 fully saturated rings. The summed E-state index contributed by atoms with van der Waals surface area (Å²) < 4.78 is 5.50. The Morgan fingerprint density at radius 1 is 1.12 bits per heavy atom. The summed E-state index contributed by atoms with van der Waals surface area (Å²) in [5.41, 5.74) is 2.65. The number of nitrogens with zero attached hydrogens (tertiary/aromatic N) is 1. The first-order valence-corrected chi connectivity index (χ1v) is 6.43. The SMILES string of the molecule is CC.CN(C)C.Cc1ccc2c(c1)OCCC2. The lowest BCUT2D eigenvalue weighted by atomic mass is 10.0. The van der Waals surface area contributed by atoms with Crippen molar-refractivity contribution < 1.29 is 4.74 Å². The van der Waals surface area contributed by atoms with Gasteiger partial charge in [0.25, 0.3) is 0 Å². The molecular weight excluding hydrogens is 210 g/mol. The molecule has 0 amide bonds. The van der Waals surface area contributed by atoms with Gasteiger partial charge in [0.05, 0.1) is 6.61 Å². The summed E-state index contributed by atoms with van der Waals surface area (Å²) in [6.07, 6.45) is 2.34. The molecular formula is C15H27NO. The minimum Gasteiger partial charge on any atom is -0.493 e. The van der Waals surface area contributed by atoms with Gasteiger partial charge < -0.3 is 9.64 Å². The van der Waals surface area contributed by atoms with Gasteiger partial charge >= 0.3 is 0 Å². The Morgan fingerprint density at radius 3 is 2.29 bits per heavy atom. The molecule has 0 aromatic heterocycles. The number of aryl methyl sites for hydroxylation is 2. The van der Waals surface area contributed by atoms with Crippen LogP contribution < -0.4 is 4.74 Å². The minimum absolute atomic E-state index is 0.885. The van der Waals surface area contributed by atoms with E-state index in [4.69, 9.17) is 4.74 Å². The van der Waals surface area contributed by atoms with Crippen LogP contribution in [-0.2, 0) is 6.42 Å². The Morgan fingerprint density at radius 2 is 1.71 bits per heavy atom. The zero-order valence-corrected chi connectivity index (χ0v) is 12.2. The summed E-state index contributed by atoms with van der Waals surface area (Å²) in [6.45, 7) is 6.98. The fourth-order valence-electron chi connectivity index (χ4n) is 1.45. The van der Waals surface area contributed by atoms with Crippen molar-refractivity contribution in [2.45, 2.75) is 33.6 Å². The third kappa shape index (κ3) is 7.01. The van der Waals surface area contributed by atoms with Crippen LogP contribution in [0.25, 0.3) is 0 Å². The van der Waals surface area contributed by atoms with Crippen molar-refractivity contribution in [3.8, 4) is 5.75 Å². The largest absolute Gasteiger partial charge is 0.493 e. The molecule has 1 aromatic carbocycles. The molecule has 0 N–H and O–H groups in total. The Hall–Kier alpha value is -1.02. The summed E-state index contributed by atoms with van der Waals surface area (Å²) in [5, 5.41) is 0. The zero-order chi connectivity index (χ0) is 13.3. The molecule has 0 saturated heterocycles. The van der Waals surface area contributed by atoms with Gasteiger partial charge in [0.15, 0.2) is 0 Å². The van der Waals surface area contributed by atoms with E-state index in [0.29, 0.717) is 0 Å². The highest BCUT2D eigenvalue weighted by atomic mass is 16.5. The average molecular weight is 237 g/mol. The molecule has 0 saturated carbocycles. The number of rotatable bonds is 0. The van der Waals surface area contributed by atoms with Gasteiger partial charge in [-0.25, -0.2) is 0 Å². The highest BCUT2D eigenvalue weighted by molar-refractivity contribution is 5.38. The van der Waals surface area contributed by atoms with Crippen molar-refractivity contribution in [2.24, 2.45) is 0 Å². The Labute approximate surface area is 107 Å². The van der Waals surface area contributed by atoms with E-state index in [0.717, 1.165) is 18.8 Å². The van der Waals surface area contributed by atoms with E-state index in [9.17, 15) is 0 Å². The lowest BCUT2D eigenvalue weighted by molar-refractivity contribution is 0.288. The molecule has 0 atom stereocenters. The molecule has 2 heteroatoms. The van der Waals surface area contributed by atoms with Gasteiger partial charge in [-0.2, -0.15) is 0 Å². The number of fused-ring (bicyclic) bond motifs is 1. The average Bonchev–Trinajstić information content (AvgIpc) is 2.31. The molecule has 1 aromatic rings. The van der Waals surface area contributed by atoms with Crippen LogP contribution in [0.2, 0.25) is 0 Å². The van der Waals surface area contributed by atoms with Gasteiger partial charge in [-0.1, -0.05) is 26.0 Å². The number of ether oxygens (including phenoxy) is 1. The van der Waals surface area contributed by atoms with Crippen LogP contribution in [0.4, 0.5) is 0 Å². The lowest BCUT2D eigenvalue weighted by Gasteiger charge is -2.16. The molecule has 0 spiro atoms. The minimum atomic E-state index is 0.885. The zero-order valence-electron chi connectivity index (χ0n) is 12.2. The molecule has 0 radical (unpaired) electrons. The predicted molar refractivity (Wildman–Crippen MR) is 76.0 cm³/mol. The van der Waals surface area contributed by atoms with Crippen molar-refractivity contribution in [3.05, 3.63) is 29.3 Å². The second-order valence-corrected chi connectivity index (χ2v) is 4.40. The topological polar surface area (TPSA) is 12.5 Å². The standard InChI is InChI=1S/C10H12O.C3H9N.C2H6/c1-8-4-5-9-3-2-6-11-10(9)7-8;1-4(2)3;1-2/h4-5,7H,2-3,6H2,1H3;1-3H3;1-2H3. The first-order chi connectivity index (χ1) is 8.09. The molecule has 0 bridgehead atoms. The van der Waals surface area contributed by atoms with Gasteiger partial charge in [-0.05, 0) is 58.1 Å². The Kier molecular flexibility index (Phi) is 8.51. The van der Waals surface area contributed by atoms with Crippen molar-refractivity contribution in [1.82, 2.24) is 4.90 Å². The maximum absolute atomic E-state index is 5.50. The Balaban J connectivity index is 0.000000368. The monoisotopic (exact) mass is 237 g/mol. The van der Waals surface area contributed by atoms with Crippen LogP contribution in [-0.4, -0.2) is 32.6 Å². The highest BCUT2D eigenvalue weighted by Gasteiger charge is 2.08. The lowest BCUT2D eigenvalue weighted by Crippen LogP contribution is -2.07. The molecule has 1 aliphatic heterocycles. The molecule has 17 heavy (non-hydrogen) atoms. The van der Waals surface area contributed by atoms with Crippen LogP contribution in [0, 0.1) is 6.92 Å². The maximum atomic E-state index is 5.50. The van der Waals surface area contributed by atoms with E-state index in [1.807, 2.05) is 39.9 Å². The van der Waals surface area contributed by atoms with Crippen LogP contribution >= 0.6 is 0 Å². The van der Waals surface area contributed by atoms with E-state index in [1.54, 1.807) is 0 Å². The molecule has 1 heterocycles. The van der Waals surface area contributed by atoms with Gasteiger partial charge in [-0.15, -0.1) is 0 Å². The van der Waals surface area contributed by atoms with Gasteiger partial charge in [0.2, 0.25) is 0 Å². The fourth-order valence-corrected chi connectivity index (χ4v) is 1.45. The first-order valence-electron chi connectivity index (χ1n) is 6.43. The second kappa shape index (κ2) is 9.06. The second-order valence-electron chi connectivity index (χ2n) is 4.40. The van der Waals surface area contributed by atoms with Crippen LogP contribution in [0.1, 0.15) is 31.4 Å². The van der Waals surface area contributed by atoms with Gasteiger partial charge in [0.1, 0.15) is 5.75 Å². The number of hydrogen-bond acceptors (Lipinski definition) is 2. The normalized spacial score (nSPS) is 12.4. The third-order valence-electron chi connectivity index (χ3n) is 2.07. The molecule has 2 rings (SSSR count). The molecule has 2 nitrogen and oxygen atoms in total. The number of benzene rings is 1. The van der Waals surface area contributed by atoms with Crippen molar-refractivity contribution in [2.75, 3.05) is 27.7 Å². The van der Waals surface area contributed by atoms with Gasteiger partial charge in [-0.3, -0.25) is 0 Å². The Bertz CT molecular complexity index is 305. The number of hydrogen-bond donors (Lipinski definition) is 0. The van der Waals surface area contributed by atoms with E-state index in [1.165, 1.54) is 17.5 Å². The van der Waals surface area contributed by atoms with Crippen molar-refractivity contribution in [1.29, 1.82) is 0 Å². The summed E-state index contributed by atoms with van der Waals surface area (Å²) in [7, 11) is 6.00. The van der Waals surface area contributed by atoms with Gasteiger partial charge in [0, 0.05) is 0 Å². The molecule has 98 valence electrons. The maximum Gasteiger partial charge on any atom is 0.122 e. The van der Waals surface area contributed by atoms with Crippen LogP contribution in [0.5, 0.6) is 5.75 Å². The third-order valence-corrected chi connectivity index (χ3v) is 2.07. The summed E-state index contributed by atoms with van der Waals surface area (Å²) in [6, 6.07) is 6.44. The molecule has 1 aliphatic rings. The predicted octanol–water partition coefficient (Wildman–Crippen LogP) is 3.52. The van der Waals surface area contributed by atoms with Crippen molar-refractivity contribution in [3.63, 3.8) is 0 Å². The summed E-state index contributed by atoms with van der Waals surface area (Å²) in [5.74, 6) is 1.09. The summed E-state index contributed by atoms with van der Waals surface area (Å²) in [4.78, 5) is 2.00. The first kappa shape index (κ1) is 16.0.